The standard InChI is InChI=1S/C13H13FN2O2/c1-8-3-5-10(7-11(8)14)13-15-12(18-16-13)6-4-9(2)17/h3,5,7H,4,6H2,1-2H3. The number of nitrogens with zero attached hydrogens (tertiary/aromatic N) is 2. The monoisotopic (exact) mass is 248 g/mol. The number of Topliss-reactive ketones (excluding diaryl/α,β-unsaturated/α-hetero) is 1. The van der Waals surface area contributed by atoms with Gasteiger partial charge in [-0.05, 0) is 25.5 Å². The molecule has 0 amide bonds. The van der Waals surface area contributed by atoms with Crippen molar-refractivity contribution < 1.29 is 13.7 Å². The number of rotatable bonds is 4. The van der Waals surface area contributed by atoms with Gasteiger partial charge in [-0.1, -0.05) is 17.3 Å². The maximum Gasteiger partial charge on any atom is 0.227 e. The number of aromatic nitrogens is 2. The Labute approximate surface area is 104 Å². The van der Waals surface area contributed by atoms with E-state index in [1.807, 2.05) is 0 Å². The largest absolute Gasteiger partial charge is 0.339 e. The number of aryl methyl sites for hydroxylation is 2. The molecule has 2 rings (SSSR count). The van der Waals surface area contributed by atoms with Crippen molar-refractivity contribution >= 4 is 5.78 Å². The topological polar surface area (TPSA) is 56.0 Å². The maximum atomic E-state index is 13.4. The highest BCUT2D eigenvalue weighted by molar-refractivity contribution is 5.75. The molecule has 0 bridgehead atoms. The molecule has 94 valence electrons. The Balaban J connectivity index is 2.18. The van der Waals surface area contributed by atoms with Gasteiger partial charge in [0.15, 0.2) is 0 Å². The Morgan fingerprint density at radius 1 is 1.44 bits per heavy atom. The summed E-state index contributed by atoms with van der Waals surface area (Å²) in [5.41, 5.74) is 1.13. The van der Waals surface area contributed by atoms with Crippen molar-refractivity contribution in [3.8, 4) is 11.4 Å². The summed E-state index contributed by atoms with van der Waals surface area (Å²) in [5, 5.41) is 3.77. The van der Waals surface area contributed by atoms with Gasteiger partial charge in [-0.25, -0.2) is 4.39 Å². The Hall–Kier alpha value is -2.04. The molecule has 4 nitrogen and oxygen atoms in total. The number of hydrogen-bond donors (Lipinski definition) is 0. The number of carbonyl (C=O) groups is 1. The van der Waals surface area contributed by atoms with Crippen molar-refractivity contribution in [1.29, 1.82) is 0 Å². The number of carbonyl (C=O) groups excluding carboxylic acids is 1. The minimum atomic E-state index is -0.303. The number of ketones is 1. The van der Waals surface area contributed by atoms with Gasteiger partial charge in [-0.3, -0.25) is 0 Å². The second-order valence-electron chi connectivity index (χ2n) is 4.18. The molecule has 0 spiro atoms. The van der Waals surface area contributed by atoms with E-state index in [9.17, 15) is 9.18 Å². The normalized spacial score (nSPS) is 10.6. The molecule has 0 N–H and O–H groups in total. The van der Waals surface area contributed by atoms with Gasteiger partial charge in [0, 0.05) is 18.4 Å². The highest BCUT2D eigenvalue weighted by Gasteiger charge is 2.10. The van der Waals surface area contributed by atoms with E-state index in [0.717, 1.165) is 0 Å². The zero-order chi connectivity index (χ0) is 13.1. The van der Waals surface area contributed by atoms with E-state index >= 15 is 0 Å². The van der Waals surface area contributed by atoms with E-state index in [0.29, 0.717) is 35.7 Å². The van der Waals surface area contributed by atoms with Gasteiger partial charge >= 0.3 is 0 Å². The Morgan fingerprint density at radius 2 is 2.22 bits per heavy atom. The van der Waals surface area contributed by atoms with E-state index in [2.05, 4.69) is 10.1 Å². The third-order valence-electron chi connectivity index (χ3n) is 2.59. The molecule has 0 aliphatic rings. The second-order valence-corrected chi connectivity index (χ2v) is 4.18. The molecule has 0 atom stereocenters. The Kier molecular flexibility index (Phi) is 3.50. The molecule has 0 fully saturated rings. The van der Waals surface area contributed by atoms with E-state index in [1.54, 1.807) is 19.1 Å². The molecule has 18 heavy (non-hydrogen) atoms. The molecule has 0 saturated heterocycles. The summed E-state index contributed by atoms with van der Waals surface area (Å²) in [4.78, 5) is 15.0. The van der Waals surface area contributed by atoms with Crippen LogP contribution in [0.1, 0.15) is 24.8 Å². The summed E-state index contributed by atoms with van der Waals surface area (Å²) in [5.74, 6) is 0.493. The van der Waals surface area contributed by atoms with Crippen LogP contribution < -0.4 is 0 Å². The fourth-order valence-corrected chi connectivity index (χ4v) is 1.49. The van der Waals surface area contributed by atoms with Crippen molar-refractivity contribution in [2.75, 3.05) is 0 Å². The van der Waals surface area contributed by atoms with Crippen LogP contribution in [0, 0.1) is 12.7 Å². The zero-order valence-corrected chi connectivity index (χ0v) is 10.2. The average Bonchev–Trinajstić information content (AvgIpc) is 2.79. The van der Waals surface area contributed by atoms with Crippen LogP contribution in [-0.4, -0.2) is 15.9 Å². The van der Waals surface area contributed by atoms with Crippen LogP contribution >= 0.6 is 0 Å². The minimum Gasteiger partial charge on any atom is -0.339 e. The van der Waals surface area contributed by atoms with Crippen LogP contribution in [0.3, 0.4) is 0 Å². The van der Waals surface area contributed by atoms with E-state index in [1.165, 1.54) is 13.0 Å². The van der Waals surface area contributed by atoms with Gasteiger partial charge in [0.25, 0.3) is 0 Å². The van der Waals surface area contributed by atoms with Gasteiger partial charge in [0.1, 0.15) is 11.6 Å². The highest BCUT2D eigenvalue weighted by atomic mass is 19.1. The lowest BCUT2D eigenvalue weighted by Gasteiger charge is -1.97. The molecule has 0 radical (unpaired) electrons. The van der Waals surface area contributed by atoms with Crippen LogP contribution in [0.25, 0.3) is 11.4 Å². The maximum absolute atomic E-state index is 13.4. The molecule has 0 saturated carbocycles. The summed E-state index contributed by atoms with van der Waals surface area (Å²) in [7, 11) is 0. The molecular weight excluding hydrogens is 235 g/mol. The van der Waals surface area contributed by atoms with Gasteiger partial charge in [0.05, 0.1) is 0 Å². The third kappa shape index (κ3) is 2.80. The van der Waals surface area contributed by atoms with Crippen LogP contribution in [-0.2, 0) is 11.2 Å². The molecule has 2 aromatic rings. The summed E-state index contributed by atoms with van der Waals surface area (Å²) in [6, 6.07) is 4.77. The molecule has 1 heterocycles. The molecule has 0 aliphatic heterocycles. The summed E-state index contributed by atoms with van der Waals surface area (Å²) >= 11 is 0. The number of benzene rings is 1. The van der Waals surface area contributed by atoms with E-state index < -0.39 is 0 Å². The second kappa shape index (κ2) is 5.08. The Morgan fingerprint density at radius 3 is 2.89 bits per heavy atom. The summed E-state index contributed by atoms with van der Waals surface area (Å²) < 4.78 is 18.4. The van der Waals surface area contributed by atoms with Crippen LogP contribution in [0.15, 0.2) is 22.7 Å². The van der Waals surface area contributed by atoms with Gasteiger partial charge < -0.3 is 9.32 Å². The lowest BCUT2D eigenvalue weighted by molar-refractivity contribution is -0.117. The molecular formula is C13H13FN2O2. The van der Waals surface area contributed by atoms with Gasteiger partial charge in [0.2, 0.25) is 11.7 Å². The molecule has 0 unspecified atom stereocenters. The van der Waals surface area contributed by atoms with Crippen molar-refractivity contribution in [2.45, 2.75) is 26.7 Å². The lowest BCUT2D eigenvalue weighted by atomic mass is 10.1. The third-order valence-corrected chi connectivity index (χ3v) is 2.59. The van der Waals surface area contributed by atoms with Crippen LogP contribution in [0.4, 0.5) is 4.39 Å². The first-order valence-corrected chi connectivity index (χ1v) is 5.65. The van der Waals surface area contributed by atoms with Crippen LogP contribution in [0.2, 0.25) is 0 Å². The predicted molar refractivity (Wildman–Crippen MR) is 63.4 cm³/mol. The smallest absolute Gasteiger partial charge is 0.227 e. The molecule has 0 aliphatic carbocycles. The quantitative estimate of drug-likeness (QED) is 0.834. The van der Waals surface area contributed by atoms with Crippen molar-refractivity contribution in [3.05, 3.63) is 35.5 Å². The number of halogens is 1. The van der Waals surface area contributed by atoms with E-state index in [4.69, 9.17) is 4.52 Å². The fraction of sp³-hybridized carbons (Fsp3) is 0.308. The Bertz CT molecular complexity index is 578. The first-order valence-electron chi connectivity index (χ1n) is 5.65. The van der Waals surface area contributed by atoms with Crippen LogP contribution in [0.5, 0.6) is 0 Å². The lowest BCUT2D eigenvalue weighted by Crippen LogP contribution is -1.94. The zero-order valence-electron chi connectivity index (χ0n) is 10.2. The fourth-order valence-electron chi connectivity index (χ4n) is 1.49. The first-order chi connectivity index (χ1) is 8.56. The van der Waals surface area contributed by atoms with Gasteiger partial charge in [-0.15, -0.1) is 0 Å². The molecule has 1 aromatic carbocycles. The number of hydrogen-bond acceptors (Lipinski definition) is 4. The van der Waals surface area contributed by atoms with Gasteiger partial charge in [-0.2, -0.15) is 4.98 Å². The molecule has 5 heteroatoms. The van der Waals surface area contributed by atoms with Crippen molar-refractivity contribution in [2.24, 2.45) is 0 Å². The minimum absolute atomic E-state index is 0.0659. The average molecular weight is 248 g/mol. The van der Waals surface area contributed by atoms with Crippen molar-refractivity contribution in [3.63, 3.8) is 0 Å². The summed E-state index contributed by atoms with van der Waals surface area (Å²) in [6.07, 6.45) is 0.778. The molecule has 1 aromatic heterocycles. The SMILES string of the molecule is CC(=O)CCc1nc(-c2ccc(C)c(F)c2)no1. The predicted octanol–water partition coefficient (Wildman–Crippen LogP) is 2.71. The van der Waals surface area contributed by atoms with Crippen molar-refractivity contribution in [1.82, 2.24) is 10.1 Å². The van der Waals surface area contributed by atoms with E-state index in [-0.39, 0.29) is 11.6 Å². The summed E-state index contributed by atoms with van der Waals surface area (Å²) in [6.45, 7) is 3.19. The first kappa shape index (κ1) is 12.4. The highest BCUT2D eigenvalue weighted by Crippen LogP contribution is 2.19.